The fourth-order valence-corrected chi connectivity index (χ4v) is 3.35. The Hall–Kier alpha value is -3.51. The van der Waals surface area contributed by atoms with E-state index < -0.39 is 5.97 Å². The molecule has 2 heterocycles. The van der Waals surface area contributed by atoms with E-state index in [2.05, 4.69) is 4.98 Å². The first-order chi connectivity index (χ1) is 14.2. The van der Waals surface area contributed by atoms with Crippen molar-refractivity contribution in [1.29, 1.82) is 0 Å². The molecule has 0 aliphatic carbocycles. The first-order valence-electron chi connectivity index (χ1n) is 9.42. The molecule has 0 fully saturated rings. The number of nitrogens with zero attached hydrogens (tertiary/aromatic N) is 3. The van der Waals surface area contributed by atoms with Gasteiger partial charge in [0.15, 0.2) is 5.65 Å². The number of carbonyl (C=O) groups excluding carboxylic acids is 1. The van der Waals surface area contributed by atoms with E-state index in [1.54, 1.807) is 24.7 Å². The third-order valence-corrected chi connectivity index (χ3v) is 4.63. The van der Waals surface area contributed by atoms with Gasteiger partial charge in [-0.2, -0.15) is 5.10 Å². The third kappa shape index (κ3) is 3.50. The van der Waals surface area contributed by atoms with Gasteiger partial charge in [0, 0.05) is 18.9 Å². The van der Waals surface area contributed by atoms with Gasteiger partial charge in [-0.3, -0.25) is 0 Å². The van der Waals surface area contributed by atoms with Crippen LogP contribution in [0.1, 0.15) is 23.0 Å². The molecule has 2 aromatic heterocycles. The summed E-state index contributed by atoms with van der Waals surface area (Å²) in [5, 5.41) is 4.85. The lowest BCUT2D eigenvalue weighted by molar-refractivity contribution is 0.0519. The van der Waals surface area contributed by atoms with Crippen LogP contribution in [0.5, 0.6) is 0 Å². The first kappa shape index (κ1) is 18.8. The molecule has 0 aliphatic rings. The summed E-state index contributed by atoms with van der Waals surface area (Å²) >= 11 is 0. The Morgan fingerprint density at radius 2 is 1.66 bits per heavy atom. The van der Waals surface area contributed by atoms with Crippen LogP contribution in [0.4, 0.5) is 0 Å². The third-order valence-electron chi connectivity index (χ3n) is 4.63. The van der Waals surface area contributed by atoms with Gasteiger partial charge in [0.1, 0.15) is 11.3 Å². The van der Waals surface area contributed by atoms with Crippen LogP contribution in [0.3, 0.4) is 0 Å². The maximum atomic E-state index is 12.5. The average Bonchev–Trinajstić information content (AvgIpc) is 3.15. The van der Waals surface area contributed by atoms with Gasteiger partial charge >= 0.3 is 5.97 Å². The number of carbonyl (C=O) groups is 1. The van der Waals surface area contributed by atoms with Crippen molar-refractivity contribution < 1.29 is 14.3 Å². The predicted molar refractivity (Wildman–Crippen MR) is 111 cm³/mol. The van der Waals surface area contributed by atoms with Crippen molar-refractivity contribution in [2.45, 2.75) is 13.5 Å². The van der Waals surface area contributed by atoms with Crippen LogP contribution >= 0.6 is 0 Å². The summed E-state index contributed by atoms with van der Waals surface area (Å²) in [6, 6.07) is 19.9. The first-order valence-corrected chi connectivity index (χ1v) is 9.42. The summed E-state index contributed by atoms with van der Waals surface area (Å²) < 4.78 is 12.3. The van der Waals surface area contributed by atoms with E-state index in [0.29, 0.717) is 16.9 Å². The van der Waals surface area contributed by atoms with Crippen LogP contribution in [0.2, 0.25) is 0 Å². The van der Waals surface area contributed by atoms with E-state index >= 15 is 0 Å². The predicted octanol–water partition coefficient (Wildman–Crippen LogP) is 4.39. The smallest absolute Gasteiger partial charge is 0.341 e. The van der Waals surface area contributed by atoms with Crippen molar-refractivity contribution >= 4 is 11.6 Å². The molecule has 6 heteroatoms. The lowest BCUT2D eigenvalue weighted by Crippen LogP contribution is -2.14. The molecular formula is C23H21N3O3. The quantitative estimate of drug-likeness (QED) is 0.459. The molecule has 0 bridgehead atoms. The molecule has 0 N–H and O–H groups in total. The van der Waals surface area contributed by atoms with E-state index in [9.17, 15) is 4.79 Å². The Balaban J connectivity index is 2.04. The second-order valence-corrected chi connectivity index (χ2v) is 6.46. The SMILES string of the molecule is CCOC(=O)c1cnc2c(-c3ccccc3)c(-c3ccccc3)nn2c1COC. The lowest BCUT2D eigenvalue weighted by atomic mass is 10.0. The van der Waals surface area contributed by atoms with Gasteiger partial charge in [0.2, 0.25) is 0 Å². The summed E-state index contributed by atoms with van der Waals surface area (Å²) in [5.74, 6) is -0.438. The van der Waals surface area contributed by atoms with E-state index in [4.69, 9.17) is 14.6 Å². The Morgan fingerprint density at radius 3 is 2.28 bits per heavy atom. The molecular weight excluding hydrogens is 366 g/mol. The van der Waals surface area contributed by atoms with E-state index in [1.807, 2.05) is 60.7 Å². The van der Waals surface area contributed by atoms with E-state index in [0.717, 1.165) is 22.4 Å². The minimum absolute atomic E-state index is 0.206. The number of ether oxygens (including phenoxy) is 2. The number of benzene rings is 2. The monoisotopic (exact) mass is 387 g/mol. The number of rotatable bonds is 6. The summed E-state index contributed by atoms with van der Waals surface area (Å²) in [4.78, 5) is 17.1. The van der Waals surface area contributed by atoms with Crippen molar-refractivity contribution in [2.75, 3.05) is 13.7 Å². The summed E-state index contributed by atoms with van der Waals surface area (Å²) in [7, 11) is 1.58. The van der Waals surface area contributed by atoms with Crippen molar-refractivity contribution in [3.8, 4) is 22.4 Å². The van der Waals surface area contributed by atoms with Crippen LogP contribution in [-0.2, 0) is 16.1 Å². The standard InChI is InChI=1S/C23H21N3O3/c1-3-29-23(27)18-14-24-22-20(16-10-6-4-7-11-16)21(17-12-8-5-9-13-17)25-26(22)19(18)15-28-2/h4-14H,3,15H2,1-2H3. The second kappa shape index (κ2) is 8.24. The van der Waals surface area contributed by atoms with Gasteiger partial charge in [0.25, 0.3) is 0 Å². The minimum Gasteiger partial charge on any atom is -0.462 e. The Morgan fingerprint density at radius 1 is 1.00 bits per heavy atom. The molecule has 0 amide bonds. The summed E-state index contributed by atoms with van der Waals surface area (Å²) in [6.07, 6.45) is 1.55. The van der Waals surface area contributed by atoms with Crippen molar-refractivity contribution in [2.24, 2.45) is 0 Å². The number of esters is 1. The zero-order valence-corrected chi connectivity index (χ0v) is 16.3. The van der Waals surface area contributed by atoms with Crippen LogP contribution in [0, 0.1) is 0 Å². The molecule has 6 nitrogen and oxygen atoms in total. The number of hydrogen-bond donors (Lipinski definition) is 0. The molecule has 0 spiro atoms. The molecule has 0 radical (unpaired) electrons. The average molecular weight is 387 g/mol. The van der Waals surface area contributed by atoms with Crippen molar-refractivity contribution in [3.63, 3.8) is 0 Å². The van der Waals surface area contributed by atoms with Gasteiger partial charge in [-0.25, -0.2) is 14.3 Å². The molecule has 146 valence electrons. The van der Waals surface area contributed by atoms with Gasteiger partial charge in [-0.1, -0.05) is 60.7 Å². The minimum atomic E-state index is -0.438. The van der Waals surface area contributed by atoms with E-state index in [-0.39, 0.29) is 13.2 Å². The molecule has 4 rings (SSSR count). The fourth-order valence-electron chi connectivity index (χ4n) is 3.35. The maximum absolute atomic E-state index is 12.5. The highest BCUT2D eigenvalue weighted by Crippen LogP contribution is 2.35. The van der Waals surface area contributed by atoms with Crippen LogP contribution < -0.4 is 0 Å². The highest BCUT2D eigenvalue weighted by atomic mass is 16.5. The molecule has 0 unspecified atom stereocenters. The summed E-state index contributed by atoms with van der Waals surface area (Å²) in [5.41, 5.74) is 5.29. The zero-order valence-electron chi connectivity index (χ0n) is 16.3. The lowest BCUT2D eigenvalue weighted by Gasteiger charge is -2.10. The van der Waals surface area contributed by atoms with Crippen molar-refractivity contribution in [1.82, 2.24) is 14.6 Å². The van der Waals surface area contributed by atoms with Gasteiger partial charge in [-0.05, 0) is 12.5 Å². The molecule has 29 heavy (non-hydrogen) atoms. The highest BCUT2D eigenvalue weighted by molar-refractivity contribution is 5.93. The van der Waals surface area contributed by atoms with Crippen LogP contribution in [0.25, 0.3) is 28.0 Å². The Labute approximate surface area is 168 Å². The maximum Gasteiger partial charge on any atom is 0.341 e. The number of aromatic nitrogens is 3. The van der Waals surface area contributed by atoms with Gasteiger partial charge < -0.3 is 9.47 Å². The summed E-state index contributed by atoms with van der Waals surface area (Å²) in [6.45, 7) is 2.26. The Bertz CT molecular complexity index is 1140. The fraction of sp³-hybridized carbons (Fsp3) is 0.174. The molecule has 0 atom stereocenters. The number of methoxy groups -OCH3 is 1. The molecule has 4 aromatic rings. The highest BCUT2D eigenvalue weighted by Gasteiger charge is 2.23. The van der Waals surface area contributed by atoms with E-state index in [1.165, 1.54) is 0 Å². The second-order valence-electron chi connectivity index (χ2n) is 6.46. The Kier molecular flexibility index (Phi) is 5.35. The van der Waals surface area contributed by atoms with Crippen LogP contribution in [-0.4, -0.2) is 34.3 Å². The normalized spacial score (nSPS) is 11.0. The molecule has 2 aromatic carbocycles. The molecule has 0 aliphatic heterocycles. The van der Waals surface area contributed by atoms with Crippen molar-refractivity contribution in [3.05, 3.63) is 78.1 Å². The zero-order chi connectivity index (χ0) is 20.2. The number of fused-ring (bicyclic) bond motifs is 1. The largest absolute Gasteiger partial charge is 0.462 e. The topological polar surface area (TPSA) is 65.7 Å². The molecule has 0 saturated carbocycles. The van der Waals surface area contributed by atoms with Gasteiger partial charge in [0.05, 0.1) is 24.5 Å². The number of hydrogen-bond acceptors (Lipinski definition) is 5. The van der Waals surface area contributed by atoms with Crippen LogP contribution in [0.15, 0.2) is 66.9 Å². The molecule has 0 saturated heterocycles. The van der Waals surface area contributed by atoms with Gasteiger partial charge in [-0.15, -0.1) is 0 Å².